The summed E-state index contributed by atoms with van der Waals surface area (Å²) >= 11 is 0. The fourth-order valence-electron chi connectivity index (χ4n) is 1.56. The van der Waals surface area contributed by atoms with E-state index in [9.17, 15) is 4.79 Å². The number of likely N-dealkylation sites (tertiary alicyclic amines) is 1. The molecule has 0 radical (unpaired) electrons. The first-order chi connectivity index (χ1) is 5.80. The highest BCUT2D eigenvalue weighted by Crippen LogP contribution is 2.45. The number of amides is 1. The summed E-state index contributed by atoms with van der Waals surface area (Å²) in [5.41, 5.74) is 0.538. The van der Waals surface area contributed by atoms with Gasteiger partial charge in [-0.3, -0.25) is 4.79 Å². The highest BCUT2D eigenvalue weighted by Gasteiger charge is 2.48. The lowest BCUT2D eigenvalue weighted by Gasteiger charge is -2.55. The van der Waals surface area contributed by atoms with E-state index in [0.717, 1.165) is 13.1 Å². The average molecular weight is 181 g/mol. The van der Waals surface area contributed by atoms with E-state index in [1.54, 1.807) is 0 Å². The number of carbonyl (C=O) groups excluding carboxylic acids is 1. The highest BCUT2D eigenvalue weighted by molar-refractivity contribution is 5.87. The maximum atomic E-state index is 11.2. The Bertz CT molecular complexity index is 231. The summed E-state index contributed by atoms with van der Waals surface area (Å²) in [4.78, 5) is 13.1. The Hall–Kier alpha value is -0.790. The van der Waals surface area contributed by atoms with Crippen molar-refractivity contribution in [1.82, 2.24) is 4.90 Å². The zero-order chi connectivity index (χ0) is 10.3. The zero-order valence-electron chi connectivity index (χ0n) is 9.05. The van der Waals surface area contributed by atoms with Gasteiger partial charge in [-0.05, 0) is 11.5 Å². The van der Waals surface area contributed by atoms with Crippen LogP contribution in [-0.4, -0.2) is 23.9 Å². The van der Waals surface area contributed by atoms with E-state index in [4.69, 9.17) is 0 Å². The van der Waals surface area contributed by atoms with Gasteiger partial charge in [0.1, 0.15) is 0 Å². The molecule has 74 valence electrons. The molecule has 0 spiro atoms. The maximum Gasteiger partial charge on any atom is 0.245 e. The standard InChI is InChI=1S/C11H19NO/c1-6-9(13)12-7-11(5,8-12)10(2,3)4/h6H,1,7-8H2,2-5H3. The van der Waals surface area contributed by atoms with E-state index in [0.29, 0.717) is 0 Å². The number of hydrogen-bond acceptors (Lipinski definition) is 1. The van der Waals surface area contributed by atoms with Crippen LogP contribution < -0.4 is 0 Å². The largest absolute Gasteiger partial charge is 0.338 e. The Labute approximate surface area is 80.6 Å². The van der Waals surface area contributed by atoms with E-state index >= 15 is 0 Å². The molecule has 1 aliphatic rings. The van der Waals surface area contributed by atoms with Crippen LogP contribution in [0.15, 0.2) is 12.7 Å². The molecule has 0 atom stereocenters. The van der Waals surface area contributed by atoms with Crippen LogP contribution in [0.5, 0.6) is 0 Å². The van der Waals surface area contributed by atoms with Crippen LogP contribution in [-0.2, 0) is 4.79 Å². The van der Waals surface area contributed by atoms with Crippen molar-refractivity contribution in [3.8, 4) is 0 Å². The Morgan fingerprint density at radius 1 is 1.46 bits per heavy atom. The maximum absolute atomic E-state index is 11.2. The molecule has 0 aliphatic carbocycles. The summed E-state index contributed by atoms with van der Waals surface area (Å²) in [6, 6.07) is 0. The summed E-state index contributed by atoms with van der Waals surface area (Å²) in [5, 5.41) is 0. The Balaban J connectivity index is 2.58. The molecule has 1 rings (SSSR count). The summed E-state index contributed by atoms with van der Waals surface area (Å²) in [6.07, 6.45) is 1.39. The molecule has 0 N–H and O–H groups in total. The molecule has 1 fully saturated rings. The zero-order valence-corrected chi connectivity index (χ0v) is 9.05. The van der Waals surface area contributed by atoms with Gasteiger partial charge in [-0.2, -0.15) is 0 Å². The number of nitrogens with zero attached hydrogens (tertiary/aromatic N) is 1. The van der Waals surface area contributed by atoms with Gasteiger partial charge in [-0.1, -0.05) is 34.3 Å². The second-order valence-corrected chi connectivity index (χ2v) is 5.21. The second kappa shape index (κ2) is 2.86. The lowest BCUT2D eigenvalue weighted by Crippen LogP contribution is -2.61. The summed E-state index contributed by atoms with van der Waals surface area (Å²) in [5.74, 6) is 0.0572. The summed E-state index contributed by atoms with van der Waals surface area (Å²) in [7, 11) is 0. The molecule has 0 aromatic heterocycles. The van der Waals surface area contributed by atoms with Gasteiger partial charge in [-0.15, -0.1) is 0 Å². The number of carbonyl (C=O) groups is 1. The quantitative estimate of drug-likeness (QED) is 0.567. The van der Waals surface area contributed by atoms with Crippen LogP contribution in [0.3, 0.4) is 0 Å². The molecule has 0 bridgehead atoms. The molecule has 2 nitrogen and oxygen atoms in total. The van der Waals surface area contributed by atoms with E-state index < -0.39 is 0 Å². The van der Waals surface area contributed by atoms with Crippen LogP contribution in [0.2, 0.25) is 0 Å². The minimum Gasteiger partial charge on any atom is -0.338 e. The summed E-state index contributed by atoms with van der Waals surface area (Å²) in [6.45, 7) is 14.1. The van der Waals surface area contributed by atoms with Crippen molar-refractivity contribution in [3.05, 3.63) is 12.7 Å². The van der Waals surface area contributed by atoms with Crippen LogP contribution >= 0.6 is 0 Å². The molecule has 2 heteroatoms. The van der Waals surface area contributed by atoms with Crippen LogP contribution in [0.4, 0.5) is 0 Å². The predicted molar refractivity (Wildman–Crippen MR) is 54.3 cm³/mol. The van der Waals surface area contributed by atoms with Crippen molar-refractivity contribution in [2.24, 2.45) is 10.8 Å². The van der Waals surface area contributed by atoms with Gasteiger partial charge in [0.15, 0.2) is 0 Å². The first-order valence-electron chi connectivity index (χ1n) is 4.71. The average Bonchev–Trinajstić information content (AvgIpc) is 1.95. The van der Waals surface area contributed by atoms with Crippen molar-refractivity contribution in [2.45, 2.75) is 27.7 Å². The van der Waals surface area contributed by atoms with E-state index in [1.165, 1.54) is 6.08 Å². The molecule has 0 aromatic carbocycles. The monoisotopic (exact) mass is 181 g/mol. The predicted octanol–water partition coefficient (Wildman–Crippen LogP) is 2.07. The topological polar surface area (TPSA) is 20.3 Å². The molecule has 13 heavy (non-hydrogen) atoms. The fourth-order valence-corrected chi connectivity index (χ4v) is 1.56. The van der Waals surface area contributed by atoms with Crippen molar-refractivity contribution >= 4 is 5.91 Å². The molecule has 0 saturated carbocycles. The van der Waals surface area contributed by atoms with E-state index in [-0.39, 0.29) is 16.7 Å². The van der Waals surface area contributed by atoms with E-state index in [2.05, 4.69) is 34.3 Å². The Morgan fingerprint density at radius 3 is 2.23 bits per heavy atom. The molecule has 0 unspecified atom stereocenters. The van der Waals surface area contributed by atoms with Gasteiger partial charge >= 0.3 is 0 Å². The molecular weight excluding hydrogens is 162 g/mol. The lowest BCUT2D eigenvalue weighted by atomic mass is 9.63. The van der Waals surface area contributed by atoms with Crippen molar-refractivity contribution < 1.29 is 4.79 Å². The van der Waals surface area contributed by atoms with Gasteiger partial charge in [-0.25, -0.2) is 0 Å². The molecule has 1 saturated heterocycles. The molecule has 1 heterocycles. The van der Waals surface area contributed by atoms with Gasteiger partial charge in [0.2, 0.25) is 5.91 Å². The number of hydrogen-bond donors (Lipinski definition) is 0. The third-order valence-electron chi connectivity index (χ3n) is 3.38. The van der Waals surface area contributed by atoms with Gasteiger partial charge < -0.3 is 4.90 Å². The van der Waals surface area contributed by atoms with Crippen molar-refractivity contribution in [3.63, 3.8) is 0 Å². The van der Waals surface area contributed by atoms with Gasteiger partial charge in [0.25, 0.3) is 0 Å². The third kappa shape index (κ3) is 1.62. The first kappa shape index (κ1) is 10.3. The van der Waals surface area contributed by atoms with E-state index in [1.807, 2.05) is 4.90 Å². The summed E-state index contributed by atoms with van der Waals surface area (Å²) < 4.78 is 0. The molecule has 0 aromatic rings. The van der Waals surface area contributed by atoms with Gasteiger partial charge in [0, 0.05) is 18.5 Å². The van der Waals surface area contributed by atoms with Crippen LogP contribution in [0.25, 0.3) is 0 Å². The SMILES string of the molecule is C=CC(=O)N1CC(C)(C(C)(C)C)C1. The van der Waals surface area contributed by atoms with Crippen molar-refractivity contribution in [2.75, 3.05) is 13.1 Å². The fraction of sp³-hybridized carbons (Fsp3) is 0.727. The second-order valence-electron chi connectivity index (χ2n) is 5.21. The minimum atomic E-state index is 0.0572. The lowest BCUT2D eigenvalue weighted by molar-refractivity contribution is -0.144. The Morgan fingerprint density at radius 2 is 1.92 bits per heavy atom. The third-order valence-corrected chi connectivity index (χ3v) is 3.38. The molecule has 1 amide bonds. The minimum absolute atomic E-state index is 0.0572. The Kier molecular flexibility index (Phi) is 2.27. The molecular formula is C11H19NO. The van der Waals surface area contributed by atoms with Crippen molar-refractivity contribution in [1.29, 1.82) is 0 Å². The number of rotatable bonds is 1. The highest BCUT2D eigenvalue weighted by atomic mass is 16.2. The first-order valence-corrected chi connectivity index (χ1v) is 4.71. The smallest absolute Gasteiger partial charge is 0.245 e. The molecule has 1 aliphatic heterocycles. The van der Waals surface area contributed by atoms with Crippen LogP contribution in [0, 0.1) is 10.8 Å². The van der Waals surface area contributed by atoms with Crippen LogP contribution in [0.1, 0.15) is 27.7 Å². The van der Waals surface area contributed by atoms with Gasteiger partial charge in [0.05, 0.1) is 0 Å². The normalized spacial score (nSPS) is 20.8.